The van der Waals surface area contributed by atoms with Crippen LogP contribution in [0.5, 0.6) is 5.75 Å². The smallest absolute Gasteiger partial charge is 0.164 e. The van der Waals surface area contributed by atoms with Gasteiger partial charge in [-0.15, -0.1) is 0 Å². The average molecular weight is 489 g/mol. The fourth-order valence-corrected chi connectivity index (χ4v) is 6.48. The summed E-state index contributed by atoms with van der Waals surface area (Å²) in [7, 11) is 0. The van der Waals surface area contributed by atoms with E-state index in [0.29, 0.717) is 42.6 Å². The summed E-state index contributed by atoms with van der Waals surface area (Å²) in [6.45, 7) is 4.33. The summed E-state index contributed by atoms with van der Waals surface area (Å²) in [4.78, 5) is 0. The Morgan fingerprint density at radius 1 is 0.800 bits per heavy atom. The summed E-state index contributed by atoms with van der Waals surface area (Å²) in [6.07, 6.45) is 8.16. The van der Waals surface area contributed by atoms with Crippen LogP contribution in [-0.4, -0.2) is 11.7 Å². The number of aliphatic hydroxyl groups is 1. The monoisotopic (exact) mass is 488 g/mol. The van der Waals surface area contributed by atoms with Gasteiger partial charge in [-0.1, -0.05) is 31.5 Å². The Labute approximate surface area is 207 Å². The zero-order valence-corrected chi connectivity index (χ0v) is 21.0. The van der Waals surface area contributed by atoms with Crippen LogP contribution < -0.4 is 4.74 Å². The first-order chi connectivity index (χ1) is 16.9. The number of ether oxygens (including phenoxy) is 1. The van der Waals surface area contributed by atoms with E-state index < -0.39 is 17.7 Å². The summed E-state index contributed by atoms with van der Waals surface area (Å²) in [5.74, 6) is 0.292. The van der Waals surface area contributed by atoms with Crippen molar-refractivity contribution in [2.45, 2.75) is 96.0 Å². The van der Waals surface area contributed by atoms with Gasteiger partial charge in [0.25, 0.3) is 0 Å². The van der Waals surface area contributed by atoms with Crippen molar-refractivity contribution < 1.29 is 23.0 Å². The van der Waals surface area contributed by atoms with E-state index >= 15 is 0 Å². The van der Waals surface area contributed by atoms with E-state index in [4.69, 9.17) is 4.74 Å². The normalized spacial score (nSPS) is 25.9. The molecule has 0 heterocycles. The molecule has 0 aliphatic heterocycles. The van der Waals surface area contributed by atoms with Gasteiger partial charge in [0.1, 0.15) is 11.6 Å². The number of benzene rings is 2. The zero-order valence-electron chi connectivity index (χ0n) is 21.0. The molecule has 4 rings (SSSR count). The van der Waals surface area contributed by atoms with Crippen LogP contribution in [0.1, 0.15) is 113 Å². The quantitative estimate of drug-likeness (QED) is 0.403. The minimum absolute atomic E-state index is 0.0346. The molecular weight excluding hydrogens is 449 g/mol. The second-order valence-electron chi connectivity index (χ2n) is 10.5. The topological polar surface area (TPSA) is 29.5 Å². The predicted octanol–water partition coefficient (Wildman–Crippen LogP) is 8.58. The highest BCUT2D eigenvalue weighted by Gasteiger charge is 2.33. The Balaban J connectivity index is 1.31. The van der Waals surface area contributed by atoms with Crippen LogP contribution in [0.15, 0.2) is 30.3 Å². The highest BCUT2D eigenvalue weighted by molar-refractivity contribution is 5.32. The van der Waals surface area contributed by atoms with Gasteiger partial charge >= 0.3 is 0 Å². The van der Waals surface area contributed by atoms with Crippen molar-refractivity contribution in [2.24, 2.45) is 11.8 Å². The number of hydrogen-bond donors (Lipinski definition) is 1. The third-order valence-corrected chi connectivity index (χ3v) is 8.44. The Morgan fingerprint density at radius 2 is 1.37 bits per heavy atom. The number of rotatable bonds is 8. The molecular formula is C30H39F3O2. The Bertz CT molecular complexity index is 976. The number of halogens is 3. The maximum atomic E-state index is 14.9. The molecule has 2 aromatic carbocycles. The molecule has 1 atom stereocenters. The molecule has 0 saturated heterocycles. The van der Waals surface area contributed by atoms with Crippen LogP contribution >= 0.6 is 0 Å². The van der Waals surface area contributed by atoms with Crippen LogP contribution in [-0.2, 0) is 0 Å². The minimum Gasteiger partial charge on any atom is -0.494 e. The molecule has 0 bridgehead atoms. The van der Waals surface area contributed by atoms with Gasteiger partial charge in [-0.05, 0) is 106 Å². The second-order valence-corrected chi connectivity index (χ2v) is 10.5. The highest BCUT2D eigenvalue weighted by Crippen LogP contribution is 2.46. The van der Waals surface area contributed by atoms with Gasteiger partial charge in [0.05, 0.1) is 12.7 Å². The fourth-order valence-electron chi connectivity index (χ4n) is 6.48. The van der Waals surface area contributed by atoms with Crippen LogP contribution in [0.4, 0.5) is 13.2 Å². The molecule has 2 fully saturated rings. The first-order valence-electron chi connectivity index (χ1n) is 13.5. The predicted molar refractivity (Wildman–Crippen MR) is 133 cm³/mol. The molecule has 0 amide bonds. The molecule has 2 aliphatic rings. The Hall–Kier alpha value is -2.01. The number of aliphatic hydroxyl groups excluding tert-OH is 1. The van der Waals surface area contributed by atoms with Gasteiger partial charge in [-0.3, -0.25) is 0 Å². The fraction of sp³-hybridized carbons (Fsp3) is 0.600. The maximum Gasteiger partial charge on any atom is 0.164 e. The van der Waals surface area contributed by atoms with E-state index in [2.05, 4.69) is 0 Å². The minimum atomic E-state index is -0.953. The first-order valence-corrected chi connectivity index (χ1v) is 13.5. The lowest BCUT2D eigenvalue weighted by atomic mass is 9.67. The Kier molecular flexibility index (Phi) is 8.80. The molecule has 2 saturated carbocycles. The van der Waals surface area contributed by atoms with Crippen LogP contribution in [0.25, 0.3) is 0 Å². The van der Waals surface area contributed by atoms with Crippen LogP contribution in [0.2, 0.25) is 0 Å². The number of hydrogen-bond acceptors (Lipinski definition) is 2. The molecule has 0 spiro atoms. The van der Waals surface area contributed by atoms with Crippen molar-refractivity contribution >= 4 is 0 Å². The summed E-state index contributed by atoms with van der Waals surface area (Å²) in [5.41, 5.74) is 1.34. The van der Waals surface area contributed by atoms with Crippen molar-refractivity contribution in [3.8, 4) is 5.75 Å². The molecule has 2 aromatic rings. The van der Waals surface area contributed by atoms with E-state index in [9.17, 15) is 18.3 Å². The summed E-state index contributed by atoms with van der Waals surface area (Å²) in [6, 6.07) is 8.52. The van der Waals surface area contributed by atoms with E-state index in [-0.39, 0.29) is 23.2 Å². The van der Waals surface area contributed by atoms with E-state index in [1.807, 2.05) is 26.0 Å². The zero-order chi connectivity index (χ0) is 24.9. The summed E-state index contributed by atoms with van der Waals surface area (Å²) in [5, 5.41) is 10.1. The molecule has 2 aliphatic carbocycles. The van der Waals surface area contributed by atoms with Gasteiger partial charge in [-0.25, -0.2) is 13.2 Å². The van der Waals surface area contributed by atoms with Crippen molar-refractivity contribution in [1.29, 1.82) is 0 Å². The molecule has 1 unspecified atom stereocenters. The van der Waals surface area contributed by atoms with Crippen molar-refractivity contribution in [2.75, 3.05) is 6.61 Å². The van der Waals surface area contributed by atoms with Crippen LogP contribution in [0, 0.1) is 29.3 Å². The summed E-state index contributed by atoms with van der Waals surface area (Å²) < 4.78 is 49.6. The van der Waals surface area contributed by atoms with Crippen molar-refractivity contribution in [3.63, 3.8) is 0 Å². The summed E-state index contributed by atoms with van der Waals surface area (Å²) >= 11 is 0. The van der Waals surface area contributed by atoms with Gasteiger partial charge < -0.3 is 9.84 Å². The second kappa shape index (κ2) is 11.8. The van der Waals surface area contributed by atoms with Gasteiger partial charge in [0.2, 0.25) is 0 Å². The average Bonchev–Trinajstić information content (AvgIpc) is 2.86. The molecule has 1 N–H and O–H groups in total. The molecule has 2 nitrogen and oxygen atoms in total. The molecule has 192 valence electrons. The standard InChI is InChI=1S/C30H39F3O2/c1-3-5-28(34)26-17-16-25(29(32)30(26)33)22-12-8-20(9-13-22)19-6-10-21(11-7-19)24-15-14-23(35-4-2)18-27(24)31/h14-22,28,34H,3-13H2,1-2H3. The lowest BCUT2D eigenvalue weighted by Gasteiger charge is -2.38. The lowest BCUT2D eigenvalue weighted by Crippen LogP contribution is -2.25. The van der Waals surface area contributed by atoms with E-state index in [0.717, 1.165) is 56.9 Å². The molecule has 0 aromatic heterocycles. The molecule has 0 radical (unpaired) electrons. The van der Waals surface area contributed by atoms with Gasteiger partial charge in [0, 0.05) is 11.6 Å². The SMILES string of the molecule is CCCC(O)c1ccc(C2CCC(C3CCC(c4ccc(OCC)cc4F)CC3)CC2)c(F)c1F. The first kappa shape index (κ1) is 26.1. The molecule has 35 heavy (non-hydrogen) atoms. The van der Waals surface area contributed by atoms with Crippen molar-refractivity contribution in [3.05, 3.63) is 64.5 Å². The van der Waals surface area contributed by atoms with E-state index in [1.165, 1.54) is 6.07 Å². The van der Waals surface area contributed by atoms with Gasteiger partial charge in [0.15, 0.2) is 11.6 Å². The third-order valence-electron chi connectivity index (χ3n) is 8.44. The third kappa shape index (κ3) is 5.87. The Morgan fingerprint density at radius 3 is 1.91 bits per heavy atom. The van der Waals surface area contributed by atoms with Crippen molar-refractivity contribution in [1.82, 2.24) is 0 Å². The maximum absolute atomic E-state index is 14.9. The van der Waals surface area contributed by atoms with Crippen LogP contribution in [0.3, 0.4) is 0 Å². The largest absolute Gasteiger partial charge is 0.494 e. The van der Waals surface area contributed by atoms with E-state index in [1.54, 1.807) is 12.1 Å². The molecule has 5 heteroatoms. The van der Waals surface area contributed by atoms with Gasteiger partial charge in [-0.2, -0.15) is 0 Å². The lowest BCUT2D eigenvalue weighted by molar-refractivity contribution is 0.160. The highest BCUT2D eigenvalue weighted by atomic mass is 19.2.